The van der Waals surface area contributed by atoms with Crippen LogP contribution in [0.2, 0.25) is 0 Å². The van der Waals surface area contributed by atoms with Crippen LogP contribution in [0.5, 0.6) is 5.75 Å². The van der Waals surface area contributed by atoms with Crippen molar-refractivity contribution in [3.63, 3.8) is 0 Å². The average molecular weight is 480 g/mol. The van der Waals surface area contributed by atoms with Crippen LogP contribution in [0.15, 0.2) is 36.7 Å². The smallest absolute Gasteiger partial charge is 0.387 e. The van der Waals surface area contributed by atoms with Gasteiger partial charge in [0.05, 0.1) is 11.7 Å². The summed E-state index contributed by atoms with van der Waals surface area (Å²) in [5.41, 5.74) is 8.61. The molecule has 2 aliphatic heterocycles. The number of amides is 2. The zero-order valence-electron chi connectivity index (χ0n) is 18.8. The number of halogens is 2. The molecule has 0 bridgehead atoms. The number of pyridine rings is 2. The predicted octanol–water partition coefficient (Wildman–Crippen LogP) is 2.82. The molecular formula is C23H22F2N8O2. The van der Waals surface area contributed by atoms with E-state index in [-0.39, 0.29) is 29.1 Å². The summed E-state index contributed by atoms with van der Waals surface area (Å²) < 4.78 is 31.6. The molecule has 35 heavy (non-hydrogen) atoms. The van der Waals surface area contributed by atoms with Crippen LogP contribution in [0.1, 0.15) is 36.3 Å². The van der Waals surface area contributed by atoms with E-state index in [0.29, 0.717) is 36.6 Å². The molecule has 2 amide bonds. The van der Waals surface area contributed by atoms with Gasteiger partial charge in [0.15, 0.2) is 11.6 Å². The standard InChI is InChI=1S/C23H22F2N8O2/c1-13(14-2-4-28-16(6-14)9-26)30-22(34)32-11-23(12-32)3-5-33-19(23)8-17(31-33)15-7-18(35-21(24)25)20(27)29-10-15/h2,4,6-8,10,13,21H,3,5,11-12H2,1H3,(H2,27,29)(H,30,34). The number of fused-ring (bicyclic) bond motifs is 2. The molecule has 0 aromatic carbocycles. The zero-order chi connectivity index (χ0) is 24.7. The van der Waals surface area contributed by atoms with Gasteiger partial charge in [-0.15, -0.1) is 0 Å². The number of nitriles is 1. The molecule has 1 spiro atoms. The van der Waals surface area contributed by atoms with Gasteiger partial charge < -0.3 is 20.7 Å². The Balaban J connectivity index is 1.27. The molecule has 12 heteroatoms. The molecule has 2 aliphatic rings. The van der Waals surface area contributed by atoms with Crippen LogP contribution in [0.4, 0.5) is 19.4 Å². The number of hydrogen-bond acceptors (Lipinski definition) is 7. The lowest BCUT2D eigenvalue weighted by molar-refractivity contribution is -0.0494. The summed E-state index contributed by atoms with van der Waals surface area (Å²) in [5, 5.41) is 16.6. The van der Waals surface area contributed by atoms with Crippen molar-refractivity contribution < 1.29 is 18.3 Å². The highest BCUT2D eigenvalue weighted by atomic mass is 19.3. The second kappa shape index (κ2) is 8.50. The van der Waals surface area contributed by atoms with Crippen molar-refractivity contribution in [2.24, 2.45) is 0 Å². The fourth-order valence-electron chi connectivity index (χ4n) is 4.67. The molecule has 0 saturated carbocycles. The molecule has 3 N–H and O–H groups in total. The van der Waals surface area contributed by atoms with E-state index in [2.05, 4.69) is 25.1 Å². The van der Waals surface area contributed by atoms with Gasteiger partial charge in [0.2, 0.25) is 0 Å². The first-order valence-corrected chi connectivity index (χ1v) is 11.0. The third-order valence-electron chi connectivity index (χ3n) is 6.53. The Morgan fingerprint density at radius 1 is 1.31 bits per heavy atom. The Morgan fingerprint density at radius 2 is 2.11 bits per heavy atom. The van der Waals surface area contributed by atoms with E-state index in [1.807, 2.05) is 23.7 Å². The van der Waals surface area contributed by atoms with Gasteiger partial charge in [0.25, 0.3) is 0 Å². The van der Waals surface area contributed by atoms with Gasteiger partial charge in [-0.2, -0.15) is 19.1 Å². The number of aryl methyl sites for hydroxylation is 1. The summed E-state index contributed by atoms with van der Waals surface area (Å²) in [4.78, 5) is 22.5. The van der Waals surface area contributed by atoms with Crippen LogP contribution >= 0.6 is 0 Å². The van der Waals surface area contributed by atoms with Crippen molar-refractivity contribution in [2.45, 2.75) is 38.0 Å². The molecule has 0 aliphatic carbocycles. The first-order valence-electron chi connectivity index (χ1n) is 11.0. The lowest BCUT2D eigenvalue weighted by Gasteiger charge is -2.47. The number of carbonyl (C=O) groups excluding carboxylic acids is 1. The number of hydrogen-bond donors (Lipinski definition) is 2. The summed E-state index contributed by atoms with van der Waals surface area (Å²) in [7, 11) is 0. The van der Waals surface area contributed by atoms with E-state index in [0.717, 1.165) is 17.7 Å². The largest absolute Gasteiger partial charge is 0.431 e. The minimum atomic E-state index is -3.01. The van der Waals surface area contributed by atoms with E-state index >= 15 is 0 Å². The number of alkyl halides is 2. The third kappa shape index (κ3) is 4.09. The average Bonchev–Trinajstić information content (AvgIpc) is 3.38. The topological polar surface area (TPSA) is 135 Å². The van der Waals surface area contributed by atoms with Gasteiger partial charge >= 0.3 is 12.6 Å². The number of nitrogens with zero attached hydrogens (tertiary/aromatic N) is 6. The van der Waals surface area contributed by atoms with Crippen LogP contribution in [-0.4, -0.2) is 50.4 Å². The molecule has 10 nitrogen and oxygen atoms in total. The summed E-state index contributed by atoms with van der Waals surface area (Å²) >= 11 is 0. The first kappa shape index (κ1) is 22.5. The Kier molecular flexibility index (Phi) is 5.47. The highest BCUT2D eigenvalue weighted by molar-refractivity contribution is 5.76. The van der Waals surface area contributed by atoms with Crippen LogP contribution in [-0.2, 0) is 12.0 Å². The van der Waals surface area contributed by atoms with E-state index in [1.165, 1.54) is 12.3 Å². The maximum absolute atomic E-state index is 12.8. The third-order valence-corrected chi connectivity index (χ3v) is 6.53. The Bertz CT molecular complexity index is 1330. The predicted molar refractivity (Wildman–Crippen MR) is 120 cm³/mol. The lowest BCUT2D eigenvalue weighted by atomic mass is 9.76. The number of nitrogen functional groups attached to an aromatic ring is 1. The highest BCUT2D eigenvalue weighted by Crippen LogP contribution is 2.44. The van der Waals surface area contributed by atoms with Crippen molar-refractivity contribution in [3.8, 4) is 23.1 Å². The number of aromatic nitrogens is 4. The van der Waals surface area contributed by atoms with E-state index < -0.39 is 6.61 Å². The fourth-order valence-corrected chi connectivity index (χ4v) is 4.67. The number of anilines is 1. The Morgan fingerprint density at radius 3 is 2.86 bits per heavy atom. The fraction of sp³-hybridized carbons (Fsp3) is 0.348. The van der Waals surface area contributed by atoms with Gasteiger partial charge in [0.1, 0.15) is 11.8 Å². The Labute approximate surface area is 199 Å². The van der Waals surface area contributed by atoms with Crippen molar-refractivity contribution in [2.75, 3.05) is 18.8 Å². The second-order valence-electron chi connectivity index (χ2n) is 8.77. The minimum absolute atomic E-state index is 0.122. The molecule has 5 heterocycles. The molecule has 180 valence electrons. The molecule has 3 aromatic rings. The van der Waals surface area contributed by atoms with Crippen LogP contribution < -0.4 is 15.8 Å². The molecule has 3 aromatic heterocycles. The molecule has 1 saturated heterocycles. The number of nitrogens with one attached hydrogen (secondary N) is 1. The first-order chi connectivity index (χ1) is 16.8. The van der Waals surface area contributed by atoms with Gasteiger partial charge in [-0.3, -0.25) is 4.68 Å². The normalized spacial score (nSPS) is 16.5. The quantitative estimate of drug-likeness (QED) is 0.573. The summed E-state index contributed by atoms with van der Waals surface area (Å²) in [6.45, 7) is 0.615. The maximum Gasteiger partial charge on any atom is 0.387 e. The van der Waals surface area contributed by atoms with Gasteiger partial charge in [-0.05, 0) is 43.2 Å². The number of nitrogens with two attached hydrogens (primary N) is 1. The van der Waals surface area contributed by atoms with Gasteiger partial charge in [-0.25, -0.2) is 14.8 Å². The van der Waals surface area contributed by atoms with Crippen molar-refractivity contribution >= 4 is 11.8 Å². The van der Waals surface area contributed by atoms with Crippen molar-refractivity contribution in [1.29, 1.82) is 5.26 Å². The zero-order valence-corrected chi connectivity index (χ0v) is 18.8. The van der Waals surface area contributed by atoms with Crippen LogP contribution in [0.3, 0.4) is 0 Å². The maximum atomic E-state index is 12.8. The van der Waals surface area contributed by atoms with Crippen LogP contribution in [0, 0.1) is 11.3 Å². The molecule has 5 rings (SSSR count). The molecule has 1 fully saturated rings. The molecule has 0 radical (unpaired) electrons. The minimum Gasteiger partial charge on any atom is -0.431 e. The number of likely N-dealkylation sites (tertiary alicyclic amines) is 1. The molecule has 1 unspecified atom stereocenters. The second-order valence-corrected chi connectivity index (χ2v) is 8.77. The number of rotatable bonds is 5. The van der Waals surface area contributed by atoms with Crippen LogP contribution in [0.25, 0.3) is 11.3 Å². The highest BCUT2D eigenvalue weighted by Gasteiger charge is 2.51. The number of carbonyl (C=O) groups is 1. The monoisotopic (exact) mass is 480 g/mol. The molecule has 1 atom stereocenters. The van der Waals surface area contributed by atoms with E-state index in [9.17, 15) is 13.6 Å². The number of urea groups is 1. The van der Waals surface area contributed by atoms with Gasteiger partial charge in [-0.1, -0.05) is 0 Å². The van der Waals surface area contributed by atoms with Crippen molar-refractivity contribution in [3.05, 3.63) is 53.6 Å². The van der Waals surface area contributed by atoms with Crippen molar-refractivity contribution in [1.82, 2.24) is 30.0 Å². The summed E-state index contributed by atoms with van der Waals surface area (Å²) in [6, 6.07) is 8.26. The van der Waals surface area contributed by atoms with E-state index in [4.69, 9.17) is 11.0 Å². The summed E-state index contributed by atoms with van der Waals surface area (Å²) in [6.07, 6.45) is 3.87. The van der Waals surface area contributed by atoms with Gasteiger partial charge in [0, 0.05) is 48.7 Å². The summed E-state index contributed by atoms with van der Waals surface area (Å²) in [5.74, 6) is -0.320. The van der Waals surface area contributed by atoms with E-state index in [1.54, 1.807) is 23.2 Å². The molecular weight excluding hydrogens is 458 g/mol. The Hall–Kier alpha value is -4.27. The number of ether oxygens (including phenoxy) is 1. The SMILES string of the molecule is CC(NC(=O)N1CC2(CCn3nc(-c4cnc(N)c(OC(F)F)c4)cc32)C1)c1ccnc(C#N)c1. The lowest BCUT2D eigenvalue weighted by Crippen LogP contribution is -2.62.